The van der Waals surface area contributed by atoms with Crippen LogP contribution in [0.1, 0.15) is 29.0 Å². The lowest BCUT2D eigenvalue weighted by molar-refractivity contribution is 0.583. The Balaban J connectivity index is 1.93. The quantitative estimate of drug-likeness (QED) is 0.914. The summed E-state index contributed by atoms with van der Waals surface area (Å²) < 4.78 is 1.16. The lowest BCUT2D eigenvalue weighted by atomic mass is 10.1. The molecule has 4 heteroatoms. The van der Waals surface area contributed by atoms with Gasteiger partial charge in [0.05, 0.1) is 15.4 Å². The fraction of sp³-hybridized carbons (Fsp3) is 0.214. The van der Waals surface area contributed by atoms with E-state index in [0.717, 1.165) is 10.3 Å². The Bertz CT molecular complexity index is 554. The van der Waals surface area contributed by atoms with Crippen LogP contribution in [-0.2, 0) is 6.54 Å². The number of thiophene rings is 1. The molecule has 92 valence electrons. The van der Waals surface area contributed by atoms with Crippen molar-refractivity contribution < 1.29 is 0 Å². The topological polar surface area (TPSA) is 35.8 Å². The fourth-order valence-electron chi connectivity index (χ4n) is 1.63. The van der Waals surface area contributed by atoms with Crippen LogP contribution in [0.15, 0.2) is 40.2 Å². The molecular weight excluding hydrogens is 308 g/mol. The van der Waals surface area contributed by atoms with E-state index >= 15 is 0 Å². The van der Waals surface area contributed by atoms with Gasteiger partial charge in [-0.3, -0.25) is 0 Å². The summed E-state index contributed by atoms with van der Waals surface area (Å²) >= 11 is 5.22. The summed E-state index contributed by atoms with van der Waals surface area (Å²) in [4.78, 5) is 1.32. The largest absolute Gasteiger partial charge is 0.305 e. The molecule has 2 rings (SSSR count). The van der Waals surface area contributed by atoms with Gasteiger partial charge in [-0.05, 0) is 52.7 Å². The van der Waals surface area contributed by atoms with Crippen LogP contribution in [0.4, 0.5) is 0 Å². The lowest BCUT2D eigenvalue weighted by Gasteiger charge is -2.12. The zero-order valence-corrected chi connectivity index (χ0v) is 12.4. The lowest BCUT2D eigenvalue weighted by Crippen LogP contribution is -2.17. The molecule has 1 N–H and O–H groups in total. The normalized spacial score (nSPS) is 12.1. The van der Waals surface area contributed by atoms with E-state index in [4.69, 9.17) is 5.26 Å². The Morgan fingerprint density at radius 1 is 1.28 bits per heavy atom. The number of rotatable bonds is 4. The van der Waals surface area contributed by atoms with Gasteiger partial charge in [0.15, 0.2) is 0 Å². The summed E-state index contributed by atoms with van der Waals surface area (Å²) in [5.41, 5.74) is 1.89. The minimum atomic E-state index is 0.331. The van der Waals surface area contributed by atoms with Crippen LogP contribution in [0.3, 0.4) is 0 Å². The third-order valence-electron chi connectivity index (χ3n) is 2.72. The van der Waals surface area contributed by atoms with E-state index in [1.807, 2.05) is 24.3 Å². The zero-order chi connectivity index (χ0) is 13.0. The highest BCUT2D eigenvalue weighted by Gasteiger charge is 2.07. The van der Waals surface area contributed by atoms with Gasteiger partial charge in [-0.1, -0.05) is 12.1 Å². The van der Waals surface area contributed by atoms with Crippen molar-refractivity contribution >= 4 is 27.3 Å². The molecule has 0 aliphatic rings. The van der Waals surface area contributed by atoms with Crippen molar-refractivity contribution in [1.29, 1.82) is 5.26 Å². The van der Waals surface area contributed by atoms with Crippen LogP contribution in [0.5, 0.6) is 0 Å². The first-order valence-electron chi connectivity index (χ1n) is 5.66. The molecule has 1 aromatic carbocycles. The first kappa shape index (κ1) is 13.3. The van der Waals surface area contributed by atoms with Crippen LogP contribution in [0.25, 0.3) is 0 Å². The number of nitriles is 1. The molecule has 0 aliphatic heterocycles. The molecule has 1 atom stereocenters. The molecule has 1 heterocycles. The highest BCUT2D eigenvalue weighted by molar-refractivity contribution is 9.11. The highest BCUT2D eigenvalue weighted by atomic mass is 79.9. The molecule has 1 aromatic heterocycles. The third kappa shape index (κ3) is 3.42. The smallest absolute Gasteiger partial charge is 0.0991 e. The molecular formula is C14H13BrN2S. The minimum Gasteiger partial charge on any atom is -0.305 e. The van der Waals surface area contributed by atoms with E-state index in [2.05, 4.69) is 46.4 Å². The molecule has 0 aliphatic carbocycles. The van der Waals surface area contributed by atoms with Crippen molar-refractivity contribution in [1.82, 2.24) is 5.32 Å². The molecule has 2 nitrogen and oxygen atoms in total. The van der Waals surface area contributed by atoms with Crippen molar-refractivity contribution in [2.45, 2.75) is 19.5 Å². The van der Waals surface area contributed by atoms with Crippen molar-refractivity contribution in [3.8, 4) is 6.07 Å². The maximum absolute atomic E-state index is 8.73. The number of nitrogens with one attached hydrogen (secondary N) is 1. The maximum atomic E-state index is 8.73. The third-order valence-corrected chi connectivity index (χ3v) is 4.52. The van der Waals surface area contributed by atoms with Crippen LogP contribution in [-0.4, -0.2) is 0 Å². The molecule has 0 fully saturated rings. The standard InChI is InChI=1S/C14H13BrN2S/c1-10(13-6-7-14(15)18-13)17-9-12-4-2-11(8-16)3-5-12/h2-7,10,17H,9H2,1H3. The molecule has 0 saturated carbocycles. The number of halogens is 1. The van der Waals surface area contributed by atoms with Crippen LogP contribution < -0.4 is 5.32 Å². The Hall–Kier alpha value is -1.15. The van der Waals surface area contributed by atoms with Crippen molar-refractivity contribution in [3.63, 3.8) is 0 Å². The predicted octanol–water partition coefficient (Wildman–Crippen LogP) is 4.23. The second-order valence-corrected chi connectivity index (χ2v) is 6.55. The zero-order valence-electron chi connectivity index (χ0n) is 9.98. The van der Waals surface area contributed by atoms with Gasteiger partial charge in [-0.25, -0.2) is 0 Å². The van der Waals surface area contributed by atoms with Crippen molar-refractivity contribution in [2.24, 2.45) is 0 Å². The van der Waals surface area contributed by atoms with Gasteiger partial charge in [0.25, 0.3) is 0 Å². The molecule has 2 aromatic rings. The number of hydrogen-bond acceptors (Lipinski definition) is 3. The summed E-state index contributed by atoms with van der Waals surface area (Å²) in [5, 5.41) is 12.2. The highest BCUT2D eigenvalue weighted by Crippen LogP contribution is 2.27. The van der Waals surface area contributed by atoms with Gasteiger partial charge in [0, 0.05) is 17.5 Å². The Morgan fingerprint density at radius 3 is 2.56 bits per heavy atom. The Kier molecular flexibility index (Phi) is 4.54. The summed E-state index contributed by atoms with van der Waals surface area (Å²) in [5.74, 6) is 0. The first-order valence-corrected chi connectivity index (χ1v) is 7.27. The van der Waals surface area contributed by atoms with E-state index in [1.54, 1.807) is 11.3 Å². The molecule has 0 saturated heterocycles. The van der Waals surface area contributed by atoms with Gasteiger partial charge in [-0.15, -0.1) is 11.3 Å². The van der Waals surface area contributed by atoms with E-state index in [-0.39, 0.29) is 0 Å². The van der Waals surface area contributed by atoms with Gasteiger partial charge < -0.3 is 5.32 Å². The van der Waals surface area contributed by atoms with E-state index < -0.39 is 0 Å². The number of nitrogens with zero attached hydrogens (tertiary/aromatic N) is 1. The van der Waals surface area contributed by atoms with Crippen LogP contribution >= 0.6 is 27.3 Å². The van der Waals surface area contributed by atoms with Gasteiger partial charge in [0.2, 0.25) is 0 Å². The average molecular weight is 321 g/mol. The van der Waals surface area contributed by atoms with Gasteiger partial charge >= 0.3 is 0 Å². The van der Waals surface area contributed by atoms with Crippen molar-refractivity contribution in [3.05, 3.63) is 56.2 Å². The van der Waals surface area contributed by atoms with Gasteiger partial charge in [0.1, 0.15) is 0 Å². The number of benzene rings is 1. The first-order chi connectivity index (χ1) is 8.69. The van der Waals surface area contributed by atoms with Crippen LogP contribution in [0, 0.1) is 11.3 Å². The van der Waals surface area contributed by atoms with E-state index in [9.17, 15) is 0 Å². The fourth-order valence-corrected chi connectivity index (χ4v) is 3.08. The second-order valence-electron chi connectivity index (χ2n) is 4.05. The Morgan fingerprint density at radius 2 is 2.00 bits per heavy atom. The van der Waals surface area contributed by atoms with Crippen LogP contribution in [0.2, 0.25) is 0 Å². The minimum absolute atomic E-state index is 0.331. The summed E-state index contributed by atoms with van der Waals surface area (Å²) in [6.45, 7) is 2.96. The molecule has 0 bridgehead atoms. The SMILES string of the molecule is CC(NCc1ccc(C#N)cc1)c1ccc(Br)s1. The summed E-state index contributed by atoms with van der Waals surface area (Å²) in [6.07, 6.45) is 0. The molecule has 0 radical (unpaired) electrons. The predicted molar refractivity (Wildman–Crippen MR) is 78.4 cm³/mol. The van der Waals surface area contributed by atoms with E-state index in [0.29, 0.717) is 11.6 Å². The number of hydrogen-bond donors (Lipinski definition) is 1. The monoisotopic (exact) mass is 320 g/mol. The summed E-state index contributed by atoms with van der Waals surface area (Å²) in [6, 6.07) is 14.3. The van der Waals surface area contributed by atoms with E-state index in [1.165, 1.54) is 10.4 Å². The Labute approximate surface area is 119 Å². The molecule has 18 heavy (non-hydrogen) atoms. The average Bonchev–Trinajstić information content (AvgIpc) is 2.83. The van der Waals surface area contributed by atoms with Gasteiger partial charge in [-0.2, -0.15) is 5.26 Å². The molecule has 0 amide bonds. The molecule has 0 spiro atoms. The maximum Gasteiger partial charge on any atom is 0.0991 e. The second kappa shape index (κ2) is 6.14. The van der Waals surface area contributed by atoms with Crippen molar-refractivity contribution in [2.75, 3.05) is 0 Å². The molecule has 1 unspecified atom stereocenters. The summed E-state index contributed by atoms with van der Waals surface area (Å²) in [7, 11) is 0.